The first-order valence-corrected chi connectivity index (χ1v) is 11.7. The second kappa shape index (κ2) is 10.7. The standard InChI is InChI=1S/C25H41N6/c1-4-14-31(15-10-29-23-6-8-25(27)21(3)19-23)16-12-30(13-17-31)11-9-28-22-5-7-24(26)20(2)18-22/h5-8,18-19,28-29H,4,9-17,26-27H2,1-3H3/q+1. The summed E-state index contributed by atoms with van der Waals surface area (Å²) in [6.07, 6.45) is 1.24. The zero-order chi connectivity index (χ0) is 22.3. The van der Waals surface area contributed by atoms with Gasteiger partial charge in [0.25, 0.3) is 0 Å². The van der Waals surface area contributed by atoms with E-state index in [1.165, 1.54) is 55.9 Å². The maximum atomic E-state index is 5.94. The third kappa shape index (κ3) is 6.52. The summed E-state index contributed by atoms with van der Waals surface area (Å²) in [6, 6.07) is 12.4. The van der Waals surface area contributed by atoms with Crippen LogP contribution in [0, 0.1) is 13.8 Å². The van der Waals surface area contributed by atoms with Crippen LogP contribution >= 0.6 is 0 Å². The van der Waals surface area contributed by atoms with E-state index in [9.17, 15) is 0 Å². The fourth-order valence-electron chi connectivity index (χ4n) is 4.55. The fraction of sp³-hybridized carbons (Fsp3) is 0.520. The van der Waals surface area contributed by atoms with E-state index in [4.69, 9.17) is 11.5 Å². The lowest BCUT2D eigenvalue weighted by Gasteiger charge is -2.45. The molecule has 31 heavy (non-hydrogen) atoms. The number of nitrogens with zero attached hydrogens (tertiary/aromatic N) is 2. The molecule has 1 fully saturated rings. The lowest BCUT2D eigenvalue weighted by Crippen LogP contribution is -2.61. The summed E-state index contributed by atoms with van der Waals surface area (Å²) < 4.78 is 1.22. The number of aryl methyl sites for hydroxylation is 2. The van der Waals surface area contributed by atoms with Crippen molar-refractivity contribution in [1.29, 1.82) is 0 Å². The lowest BCUT2D eigenvalue weighted by molar-refractivity contribution is -0.930. The predicted octanol–water partition coefficient (Wildman–Crippen LogP) is 3.53. The maximum absolute atomic E-state index is 5.94. The zero-order valence-corrected chi connectivity index (χ0v) is 19.6. The molecule has 0 amide bonds. The fourth-order valence-corrected chi connectivity index (χ4v) is 4.55. The highest BCUT2D eigenvalue weighted by Crippen LogP contribution is 2.19. The number of piperazine rings is 1. The van der Waals surface area contributed by atoms with Crippen molar-refractivity contribution in [2.45, 2.75) is 27.2 Å². The smallest absolute Gasteiger partial charge is 0.0962 e. The van der Waals surface area contributed by atoms with Crippen LogP contribution in [-0.4, -0.2) is 68.3 Å². The Labute approximate surface area is 188 Å². The first-order valence-electron chi connectivity index (χ1n) is 11.7. The van der Waals surface area contributed by atoms with Gasteiger partial charge in [0.05, 0.1) is 32.7 Å². The van der Waals surface area contributed by atoms with Crippen molar-refractivity contribution in [3.05, 3.63) is 47.5 Å². The van der Waals surface area contributed by atoms with Crippen molar-refractivity contribution in [1.82, 2.24) is 4.90 Å². The number of quaternary nitrogens is 1. The highest BCUT2D eigenvalue weighted by atomic mass is 15.4. The molecule has 2 aromatic rings. The van der Waals surface area contributed by atoms with Crippen LogP contribution < -0.4 is 22.1 Å². The van der Waals surface area contributed by atoms with Gasteiger partial charge < -0.3 is 26.6 Å². The summed E-state index contributed by atoms with van der Waals surface area (Å²) in [7, 11) is 0. The minimum absolute atomic E-state index is 0.854. The minimum atomic E-state index is 0.854. The molecule has 6 N–H and O–H groups in total. The van der Waals surface area contributed by atoms with Gasteiger partial charge in [0, 0.05) is 48.9 Å². The van der Waals surface area contributed by atoms with Gasteiger partial charge in [-0.25, -0.2) is 0 Å². The van der Waals surface area contributed by atoms with Crippen LogP contribution in [0.2, 0.25) is 0 Å². The van der Waals surface area contributed by atoms with Crippen LogP contribution in [0.3, 0.4) is 0 Å². The molecule has 2 aromatic carbocycles. The third-order valence-electron chi connectivity index (χ3n) is 6.69. The molecule has 1 aliphatic rings. The topological polar surface area (TPSA) is 79.3 Å². The minimum Gasteiger partial charge on any atom is -0.399 e. The second-order valence-electron chi connectivity index (χ2n) is 9.07. The molecular formula is C25H41N6+. The molecule has 6 nitrogen and oxygen atoms in total. The summed E-state index contributed by atoms with van der Waals surface area (Å²) in [6.45, 7) is 16.7. The van der Waals surface area contributed by atoms with E-state index in [0.717, 1.165) is 47.8 Å². The number of nitrogen functional groups attached to an aromatic ring is 2. The third-order valence-corrected chi connectivity index (χ3v) is 6.69. The molecule has 0 aliphatic carbocycles. The molecule has 0 aromatic heterocycles. The molecule has 0 spiro atoms. The van der Waals surface area contributed by atoms with Gasteiger partial charge in [-0.05, 0) is 67.8 Å². The average molecular weight is 426 g/mol. The molecule has 0 unspecified atom stereocenters. The van der Waals surface area contributed by atoms with E-state index in [1.807, 2.05) is 12.1 Å². The number of nitrogens with one attached hydrogen (secondary N) is 2. The van der Waals surface area contributed by atoms with Crippen LogP contribution in [0.5, 0.6) is 0 Å². The van der Waals surface area contributed by atoms with Crippen LogP contribution in [0.1, 0.15) is 24.5 Å². The molecule has 3 rings (SSSR count). The van der Waals surface area contributed by atoms with Gasteiger partial charge in [-0.3, -0.25) is 4.90 Å². The molecule has 0 saturated carbocycles. The Morgan fingerprint density at radius 2 is 1.39 bits per heavy atom. The molecular weight excluding hydrogens is 384 g/mol. The van der Waals surface area contributed by atoms with E-state index in [0.29, 0.717) is 0 Å². The van der Waals surface area contributed by atoms with Crippen molar-refractivity contribution >= 4 is 22.7 Å². The Bertz CT molecular complexity index is 842. The van der Waals surface area contributed by atoms with Crippen LogP contribution in [0.4, 0.5) is 22.7 Å². The number of anilines is 4. The van der Waals surface area contributed by atoms with Crippen LogP contribution in [-0.2, 0) is 0 Å². The summed E-state index contributed by atoms with van der Waals surface area (Å²) in [5, 5.41) is 7.16. The molecule has 170 valence electrons. The largest absolute Gasteiger partial charge is 0.399 e. The zero-order valence-electron chi connectivity index (χ0n) is 19.6. The lowest BCUT2D eigenvalue weighted by atomic mass is 10.1. The van der Waals surface area contributed by atoms with E-state index >= 15 is 0 Å². The molecule has 0 bridgehead atoms. The number of hydrogen-bond donors (Lipinski definition) is 4. The predicted molar refractivity (Wildman–Crippen MR) is 135 cm³/mol. The van der Waals surface area contributed by atoms with E-state index in [1.54, 1.807) is 0 Å². The van der Waals surface area contributed by atoms with Gasteiger partial charge in [-0.15, -0.1) is 0 Å². The average Bonchev–Trinajstić information content (AvgIpc) is 2.75. The number of rotatable bonds is 10. The molecule has 1 heterocycles. The van der Waals surface area contributed by atoms with Crippen molar-refractivity contribution in [3.63, 3.8) is 0 Å². The summed E-state index contributed by atoms with van der Waals surface area (Å²) in [5.41, 5.74) is 18.2. The van der Waals surface area contributed by atoms with Crippen LogP contribution in [0.25, 0.3) is 0 Å². The highest BCUT2D eigenvalue weighted by Gasteiger charge is 2.31. The van der Waals surface area contributed by atoms with E-state index < -0.39 is 0 Å². The van der Waals surface area contributed by atoms with Gasteiger partial charge in [0.2, 0.25) is 0 Å². The number of benzene rings is 2. The Morgan fingerprint density at radius 1 is 0.839 bits per heavy atom. The SMILES string of the molecule is CCC[N+]1(CCNc2ccc(N)c(C)c2)CCN(CCNc2ccc(N)c(C)c2)CC1. The van der Waals surface area contributed by atoms with Crippen molar-refractivity contribution < 1.29 is 4.48 Å². The van der Waals surface area contributed by atoms with Crippen molar-refractivity contribution in [2.24, 2.45) is 0 Å². The van der Waals surface area contributed by atoms with E-state index in [2.05, 4.69) is 60.6 Å². The second-order valence-corrected chi connectivity index (χ2v) is 9.07. The number of hydrogen-bond acceptors (Lipinski definition) is 5. The number of nitrogens with two attached hydrogens (primary N) is 2. The van der Waals surface area contributed by atoms with Gasteiger partial charge in [-0.2, -0.15) is 0 Å². The highest BCUT2D eigenvalue weighted by molar-refractivity contribution is 5.57. The summed E-state index contributed by atoms with van der Waals surface area (Å²) >= 11 is 0. The summed E-state index contributed by atoms with van der Waals surface area (Å²) in [5.74, 6) is 0. The monoisotopic (exact) mass is 425 g/mol. The van der Waals surface area contributed by atoms with Gasteiger partial charge >= 0.3 is 0 Å². The van der Waals surface area contributed by atoms with Crippen LogP contribution in [0.15, 0.2) is 36.4 Å². The van der Waals surface area contributed by atoms with Crippen molar-refractivity contribution in [2.75, 3.05) is 81.0 Å². The van der Waals surface area contributed by atoms with E-state index in [-0.39, 0.29) is 0 Å². The van der Waals surface area contributed by atoms with Crippen molar-refractivity contribution in [3.8, 4) is 0 Å². The Balaban J connectivity index is 1.43. The Morgan fingerprint density at radius 3 is 1.90 bits per heavy atom. The molecule has 0 radical (unpaired) electrons. The first-order chi connectivity index (χ1) is 14.9. The normalized spacial score (nSPS) is 16.2. The molecule has 1 aliphatic heterocycles. The molecule has 0 atom stereocenters. The molecule has 1 saturated heterocycles. The quantitative estimate of drug-likeness (QED) is 0.346. The molecule has 6 heteroatoms. The first kappa shape index (κ1) is 23.2. The Hall–Kier alpha value is -2.44. The van der Waals surface area contributed by atoms with Gasteiger partial charge in [-0.1, -0.05) is 6.92 Å². The maximum Gasteiger partial charge on any atom is 0.0962 e. The van der Waals surface area contributed by atoms with Gasteiger partial charge in [0.15, 0.2) is 0 Å². The van der Waals surface area contributed by atoms with Gasteiger partial charge in [0.1, 0.15) is 0 Å². The summed E-state index contributed by atoms with van der Waals surface area (Å²) in [4.78, 5) is 2.60. The Kier molecular flexibility index (Phi) is 8.04.